The molecule has 0 radical (unpaired) electrons. The van der Waals surface area contributed by atoms with Crippen LogP contribution in [0, 0.1) is 0 Å². The number of hydrogen-bond donors (Lipinski definition) is 1. The fourth-order valence-corrected chi connectivity index (χ4v) is 5.87. The van der Waals surface area contributed by atoms with Crippen LogP contribution in [0.3, 0.4) is 0 Å². The SMILES string of the molecule is CC(=O)Nc1ccc2oc(-c3ccnc(C(=O)N4CCN(C(c5nnn(C(F)F)n5)(c5nccs5)C(F)F)CC4)c3)nc2c1. The molecular formula is C26H22F4N10O3S. The maximum atomic E-state index is 15.0. The van der Waals surface area contributed by atoms with E-state index in [1.54, 1.807) is 24.3 Å². The minimum absolute atomic E-state index is 0.0163. The van der Waals surface area contributed by atoms with Crippen LogP contribution in [-0.2, 0) is 10.3 Å². The van der Waals surface area contributed by atoms with Crippen molar-refractivity contribution >= 4 is 39.9 Å². The predicted octanol–water partition coefficient (Wildman–Crippen LogP) is 3.65. The summed E-state index contributed by atoms with van der Waals surface area (Å²) in [4.78, 5) is 40.3. The van der Waals surface area contributed by atoms with Gasteiger partial charge in [0.1, 0.15) is 16.2 Å². The normalized spacial score (nSPS) is 15.7. The Hall–Kier alpha value is -4.84. The second kappa shape index (κ2) is 11.7. The van der Waals surface area contributed by atoms with Gasteiger partial charge in [0.05, 0.1) is 0 Å². The van der Waals surface area contributed by atoms with Crippen LogP contribution in [0.15, 0.2) is 52.5 Å². The monoisotopic (exact) mass is 630 g/mol. The van der Waals surface area contributed by atoms with Crippen molar-refractivity contribution in [1.82, 2.24) is 45.0 Å². The molecule has 228 valence electrons. The highest BCUT2D eigenvalue weighted by atomic mass is 32.1. The quantitative estimate of drug-likeness (QED) is 0.252. The minimum atomic E-state index is -3.17. The number of carbonyl (C=O) groups is 2. The summed E-state index contributed by atoms with van der Waals surface area (Å²) in [6.45, 7) is -1.88. The van der Waals surface area contributed by atoms with Crippen LogP contribution in [0.1, 0.15) is 34.8 Å². The third-order valence-electron chi connectivity index (χ3n) is 7.02. The van der Waals surface area contributed by atoms with Gasteiger partial charge in [-0.25, -0.2) is 18.7 Å². The van der Waals surface area contributed by atoms with Crippen molar-refractivity contribution in [2.24, 2.45) is 0 Å². The van der Waals surface area contributed by atoms with Gasteiger partial charge in [-0.2, -0.15) is 8.78 Å². The van der Waals surface area contributed by atoms with Crippen molar-refractivity contribution in [3.8, 4) is 11.5 Å². The first-order chi connectivity index (χ1) is 21.2. The number of halogens is 4. The smallest absolute Gasteiger partial charge is 0.350 e. The Morgan fingerprint density at radius 1 is 1.05 bits per heavy atom. The molecule has 5 heterocycles. The molecule has 6 rings (SSSR count). The first-order valence-corrected chi connectivity index (χ1v) is 14.0. The fraction of sp³-hybridized carbons (Fsp3) is 0.308. The van der Waals surface area contributed by atoms with Gasteiger partial charge in [0.15, 0.2) is 11.1 Å². The molecule has 1 saturated heterocycles. The van der Waals surface area contributed by atoms with Crippen LogP contribution >= 0.6 is 11.3 Å². The molecule has 1 aliphatic heterocycles. The topological polar surface area (TPSA) is 148 Å². The maximum absolute atomic E-state index is 15.0. The number of benzene rings is 1. The molecule has 1 aliphatic rings. The molecule has 1 fully saturated rings. The first-order valence-electron chi connectivity index (χ1n) is 13.1. The molecule has 1 N–H and O–H groups in total. The number of hydrogen-bond acceptors (Lipinski definition) is 11. The van der Waals surface area contributed by atoms with E-state index in [2.05, 4.69) is 35.7 Å². The Bertz CT molecular complexity index is 1810. The van der Waals surface area contributed by atoms with Gasteiger partial charge in [-0.15, -0.1) is 21.5 Å². The number of amides is 2. The molecule has 4 aromatic heterocycles. The summed E-state index contributed by atoms with van der Waals surface area (Å²) in [7, 11) is 0. The van der Waals surface area contributed by atoms with E-state index < -0.39 is 30.2 Å². The van der Waals surface area contributed by atoms with E-state index in [4.69, 9.17) is 4.42 Å². The van der Waals surface area contributed by atoms with Crippen molar-refractivity contribution in [3.05, 3.63) is 64.6 Å². The zero-order valence-electron chi connectivity index (χ0n) is 22.8. The Labute approximate surface area is 249 Å². The second-order valence-electron chi connectivity index (χ2n) is 9.71. The highest BCUT2D eigenvalue weighted by molar-refractivity contribution is 7.09. The van der Waals surface area contributed by atoms with E-state index in [-0.39, 0.29) is 53.5 Å². The molecule has 0 spiro atoms. The van der Waals surface area contributed by atoms with Gasteiger partial charge in [0.2, 0.25) is 17.6 Å². The first kappa shape index (κ1) is 29.2. The van der Waals surface area contributed by atoms with Gasteiger partial charge < -0.3 is 14.6 Å². The van der Waals surface area contributed by atoms with Crippen molar-refractivity contribution in [1.29, 1.82) is 0 Å². The van der Waals surface area contributed by atoms with Gasteiger partial charge in [-0.05, 0) is 35.5 Å². The summed E-state index contributed by atoms with van der Waals surface area (Å²) in [5.74, 6) is -1.06. The van der Waals surface area contributed by atoms with Crippen LogP contribution in [0.5, 0.6) is 0 Å². The van der Waals surface area contributed by atoms with E-state index in [1.165, 1.54) is 40.6 Å². The second-order valence-corrected chi connectivity index (χ2v) is 10.6. The largest absolute Gasteiger partial charge is 0.436 e. The number of fused-ring (bicyclic) bond motifs is 1. The summed E-state index contributed by atoms with van der Waals surface area (Å²) >= 11 is 0.911. The summed E-state index contributed by atoms with van der Waals surface area (Å²) in [5.41, 5.74) is -0.263. The van der Waals surface area contributed by atoms with Crippen molar-refractivity contribution in [2.75, 3.05) is 31.5 Å². The van der Waals surface area contributed by atoms with E-state index in [0.29, 0.717) is 22.4 Å². The maximum Gasteiger partial charge on any atom is 0.350 e. The Morgan fingerprint density at radius 3 is 2.50 bits per heavy atom. The molecule has 5 aromatic rings. The number of nitrogens with zero attached hydrogens (tertiary/aromatic N) is 9. The minimum Gasteiger partial charge on any atom is -0.436 e. The van der Waals surface area contributed by atoms with Crippen molar-refractivity contribution < 1.29 is 31.6 Å². The molecular weight excluding hydrogens is 608 g/mol. The average molecular weight is 631 g/mol. The van der Waals surface area contributed by atoms with E-state index >= 15 is 0 Å². The lowest BCUT2D eigenvalue weighted by molar-refractivity contribution is -0.114. The van der Waals surface area contributed by atoms with Crippen molar-refractivity contribution in [3.63, 3.8) is 0 Å². The zero-order valence-corrected chi connectivity index (χ0v) is 23.6. The number of oxazole rings is 1. The lowest BCUT2D eigenvalue weighted by atomic mass is 9.96. The molecule has 1 atom stereocenters. The summed E-state index contributed by atoms with van der Waals surface area (Å²) in [6, 6.07) is 8.14. The Kier molecular flexibility index (Phi) is 7.76. The average Bonchev–Trinajstić information content (AvgIpc) is 3.79. The summed E-state index contributed by atoms with van der Waals surface area (Å²) in [5, 5.41) is 14.5. The van der Waals surface area contributed by atoms with Gasteiger partial charge in [0.25, 0.3) is 12.3 Å². The van der Waals surface area contributed by atoms with Gasteiger partial charge >= 0.3 is 6.55 Å². The summed E-state index contributed by atoms with van der Waals surface area (Å²) in [6.07, 6.45) is -0.403. The molecule has 0 saturated carbocycles. The van der Waals surface area contributed by atoms with E-state index in [9.17, 15) is 27.2 Å². The van der Waals surface area contributed by atoms with E-state index in [0.717, 1.165) is 11.3 Å². The zero-order chi connectivity index (χ0) is 31.0. The number of carbonyl (C=O) groups excluding carboxylic acids is 2. The van der Waals surface area contributed by atoms with Crippen LogP contribution in [0.25, 0.3) is 22.6 Å². The number of rotatable bonds is 8. The van der Waals surface area contributed by atoms with Crippen LogP contribution in [0.4, 0.5) is 23.2 Å². The van der Waals surface area contributed by atoms with Gasteiger partial charge in [0, 0.05) is 62.1 Å². The Morgan fingerprint density at radius 2 is 1.84 bits per heavy atom. The van der Waals surface area contributed by atoms with Gasteiger partial charge in [-0.3, -0.25) is 19.5 Å². The molecule has 1 unspecified atom stereocenters. The summed E-state index contributed by atoms with van der Waals surface area (Å²) < 4.78 is 62.2. The van der Waals surface area contributed by atoms with Crippen LogP contribution in [-0.4, -0.2) is 89.4 Å². The molecule has 0 bridgehead atoms. The number of piperazine rings is 1. The number of tetrazole rings is 1. The standard InChI is InChI=1S/C26H22F4N10O3S/c1-14(41)33-16-2-3-19-17(13-16)34-20(43-19)15-4-5-31-18(12-15)21(42)38-7-9-39(10-8-38)26(22(27)28,24-32-6-11-44-24)23-35-37-40(36-23)25(29)30/h2-6,11-13,22,25H,7-10H2,1H3,(H,33,41). The molecule has 13 nitrogen and oxygen atoms in total. The van der Waals surface area contributed by atoms with Crippen molar-refractivity contribution in [2.45, 2.75) is 25.4 Å². The predicted molar refractivity (Wildman–Crippen MR) is 147 cm³/mol. The van der Waals surface area contributed by atoms with Crippen LogP contribution < -0.4 is 5.32 Å². The molecule has 44 heavy (non-hydrogen) atoms. The number of anilines is 1. The number of alkyl halides is 4. The highest BCUT2D eigenvalue weighted by Gasteiger charge is 2.55. The number of nitrogens with one attached hydrogen (secondary N) is 1. The molecule has 18 heteroatoms. The third-order valence-corrected chi connectivity index (χ3v) is 7.92. The highest BCUT2D eigenvalue weighted by Crippen LogP contribution is 2.41. The molecule has 1 aromatic carbocycles. The van der Waals surface area contributed by atoms with E-state index in [1.807, 2.05) is 0 Å². The third kappa shape index (κ3) is 5.25. The molecule has 0 aliphatic carbocycles. The fourth-order valence-electron chi connectivity index (χ4n) is 5.01. The number of aromatic nitrogens is 7. The Balaban J connectivity index is 1.22. The van der Waals surface area contributed by atoms with Gasteiger partial charge in [-0.1, -0.05) is 4.80 Å². The lowest BCUT2D eigenvalue weighted by Gasteiger charge is -2.44. The number of pyridine rings is 1. The molecule has 2 amide bonds. The number of thiazole rings is 1. The van der Waals surface area contributed by atoms with Crippen LogP contribution in [0.2, 0.25) is 0 Å². The lowest BCUT2D eigenvalue weighted by Crippen LogP contribution is -2.60.